The molecule has 0 aliphatic rings. The number of nitrogens with zero attached hydrogens (tertiary/aromatic N) is 5. The number of aromatic nitrogens is 4. The topological polar surface area (TPSA) is 73.0 Å². The summed E-state index contributed by atoms with van der Waals surface area (Å²) in [5, 5.41) is 4.40. The van der Waals surface area contributed by atoms with Crippen LogP contribution in [0.2, 0.25) is 4.34 Å². The molecule has 0 radical (unpaired) electrons. The molecular formula is C14H14ClN5O2S. The molecule has 0 aliphatic heterocycles. The standard InChI is InChI=1S/C14H14ClN5O2S/c1-18(6-9-3-4-11(15)23-9)12(21)7-20-8-16-13-10(14(20)22)5-17-19(13)2/h3-5,8H,6-7H2,1-2H3. The molecule has 9 heteroatoms. The van der Waals surface area contributed by atoms with Crippen molar-refractivity contribution in [2.24, 2.45) is 7.05 Å². The van der Waals surface area contributed by atoms with Crippen molar-refractivity contribution >= 4 is 39.9 Å². The van der Waals surface area contributed by atoms with E-state index in [0.29, 0.717) is 21.9 Å². The Hall–Kier alpha value is -2.19. The van der Waals surface area contributed by atoms with Gasteiger partial charge in [0.2, 0.25) is 5.91 Å². The summed E-state index contributed by atoms with van der Waals surface area (Å²) in [7, 11) is 3.40. The maximum atomic E-state index is 12.3. The van der Waals surface area contributed by atoms with Crippen LogP contribution in [-0.2, 0) is 24.9 Å². The summed E-state index contributed by atoms with van der Waals surface area (Å²) in [6, 6.07) is 3.68. The van der Waals surface area contributed by atoms with Crippen LogP contribution in [0.4, 0.5) is 0 Å². The Morgan fingerprint density at radius 3 is 2.91 bits per heavy atom. The largest absolute Gasteiger partial charge is 0.339 e. The first-order valence-corrected chi connectivity index (χ1v) is 8.00. The molecular weight excluding hydrogens is 338 g/mol. The van der Waals surface area contributed by atoms with E-state index in [1.807, 2.05) is 6.07 Å². The molecule has 3 heterocycles. The molecule has 0 atom stereocenters. The van der Waals surface area contributed by atoms with Gasteiger partial charge in [0.15, 0.2) is 5.65 Å². The Kier molecular flexibility index (Phi) is 4.18. The minimum atomic E-state index is -0.274. The van der Waals surface area contributed by atoms with E-state index in [1.165, 1.54) is 33.1 Å². The number of carbonyl (C=O) groups is 1. The monoisotopic (exact) mass is 351 g/mol. The lowest BCUT2D eigenvalue weighted by molar-refractivity contribution is -0.131. The number of fused-ring (bicyclic) bond motifs is 1. The molecule has 0 saturated heterocycles. The molecule has 0 bridgehead atoms. The number of thiophene rings is 1. The van der Waals surface area contributed by atoms with Gasteiger partial charge in [0.1, 0.15) is 18.3 Å². The van der Waals surface area contributed by atoms with E-state index in [-0.39, 0.29) is 18.0 Å². The first kappa shape index (κ1) is 15.7. The average molecular weight is 352 g/mol. The van der Waals surface area contributed by atoms with Gasteiger partial charge in [-0.1, -0.05) is 11.6 Å². The Morgan fingerprint density at radius 1 is 1.43 bits per heavy atom. The molecule has 3 aromatic heterocycles. The number of likely N-dealkylation sites (N-methyl/N-ethyl adjacent to an activating group) is 1. The summed E-state index contributed by atoms with van der Waals surface area (Å²) in [6.07, 6.45) is 2.84. The fourth-order valence-corrected chi connectivity index (χ4v) is 3.35. The normalized spacial score (nSPS) is 11.1. The van der Waals surface area contributed by atoms with Crippen molar-refractivity contribution in [3.05, 3.63) is 44.2 Å². The van der Waals surface area contributed by atoms with Crippen LogP contribution in [0.25, 0.3) is 11.0 Å². The third kappa shape index (κ3) is 3.13. The minimum absolute atomic E-state index is 0.0632. The first-order valence-electron chi connectivity index (χ1n) is 6.81. The number of hydrogen-bond acceptors (Lipinski definition) is 5. The predicted octanol–water partition coefficient (Wildman–Crippen LogP) is 1.50. The van der Waals surface area contributed by atoms with Gasteiger partial charge in [-0.3, -0.25) is 18.8 Å². The molecule has 0 saturated carbocycles. The second kappa shape index (κ2) is 6.13. The van der Waals surface area contributed by atoms with Crippen LogP contribution in [0.5, 0.6) is 0 Å². The lowest BCUT2D eigenvalue weighted by Crippen LogP contribution is -2.33. The fraction of sp³-hybridized carbons (Fsp3) is 0.286. The van der Waals surface area contributed by atoms with Crippen molar-refractivity contribution in [2.45, 2.75) is 13.1 Å². The van der Waals surface area contributed by atoms with Crippen LogP contribution in [0.15, 0.2) is 29.5 Å². The zero-order valence-electron chi connectivity index (χ0n) is 12.6. The fourth-order valence-electron chi connectivity index (χ4n) is 2.20. The summed E-state index contributed by atoms with van der Waals surface area (Å²) in [5.74, 6) is -0.179. The Bertz CT molecular complexity index is 929. The van der Waals surface area contributed by atoms with E-state index >= 15 is 0 Å². The van der Waals surface area contributed by atoms with E-state index in [0.717, 1.165) is 4.88 Å². The third-order valence-corrected chi connectivity index (χ3v) is 4.69. The van der Waals surface area contributed by atoms with Gasteiger partial charge in [-0.2, -0.15) is 5.10 Å². The lowest BCUT2D eigenvalue weighted by atomic mass is 10.4. The molecule has 0 aromatic carbocycles. The van der Waals surface area contributed by atoms with Crippen molar-refractivity contribution < 1.29 is 4.79 Å². The summed E-state index contributed by atoms with van der Waals surface area (Å²) in [6.45, 7) is 0.389. The Morgan fingerprint density at radius 2 is 2.22 bits per heavy atom. The molecule has 120 valence electrons. The van der Waals surface area contributed by atoms with E-state index in [4.69, 9.17) is 11.6 Å². The second-order valence-electron chi connectivity index (χ2n) is 5.14. The van der Waals surface area contributed by atoms with Gasteiger partial charge < -0.3 is 4.90 Å². The SMILES string of the molecule is CN(Cc1ccc(Cl)s1)C(=O)Cn1cnc2c(cnn2C)c1=O. The van der Waals surface area contributed by atoms with Crippen molar-refractivity contribution in [3.8, 4) is 0 Å². The molecule has 0 spiro atoms. The van der Waals surface area contributed by atoms with Crippen molar-refractivity contribution in [1.82, 2.24) is 24.2 Å². The number of carbonyl (C=O) groups excluding carboxylic acids is 1. The molecule has 3 rings (SSSR count). The Labute approximate surface area is 140 Å². The number of rotatable bonds is 4. The highest BCUT2D eigenvalue weighted by atomic mass is 35.5. The van der Waals surface area contributed by atoms with Crippen molar-refractivity contribution in [2.75, 3.05) is 7.05 Å². The average Bonchev–Trinajstić information content (AvgIpc) is 3.08. The van der Waals surface area contributed by atoms with E-state index in [2.05, 4.69) is 10.1 Å². The van der Waals surface area contributed by atoms with Crippen molar-refractivity contribution in [1.29, 1.82) is 0 Å². The quantitative estimate of drug-likeness (QED) is 0.714. The number of amides is 1. The molecule has 0 N–H and O–H groups in total. The second-order valence-corrected chi connectivity index (χ2v) is 6.94. The number of aryl methyl sites for hydroxylation is 1. The zero-order valence-corrected chi connectivity index (χ0v) is 14.1. The number of hydrogen-bond donors (Lipinski definition) is 0. The molecule has 3 aromatic rings. The molecule has 7 nitrogen and oxygen atoms in total. The smallest absolute Gasteiger partial charge is 0.264 e. The molecule has 0 fully saturated rings. The van der Waals surface area contributed by atoms with Crippen LogP contribution in [0, 0.1) is 0 Å². The first-order chi connectivity index (χ1) is 11.0. The lowest BCUT2D eigenvalue weighted by Gasteiger charge is -2.16. The molecule has 23 heavy (non-hydrogen) atoms. The minimum Gasteiger partial charge on any atom is -0.339 e. The predicted molar refractivity (Wildman–Crippen MR) is 88.6 cm³/mol. The highest BCUT2D eigenvalue weighted by molar-refractivity contribution is 7.16. The Balaban J connectivity index is 1.77. The highest BCUT2D eigenvalue weighted by Crippen LogP contribution is 2.22. The van der Waals surface area contributed by atoms with Gasteiger partial charge in [0.25, 0.3) is 5.56 Å². The maximum absolute atomic E-state index is 12.3. The van der Waals surface area contributed by atoms with Crippen LogP contribution in [0.1, 0.15) is 4.88 Å². The number of halogens is 1. The third-order valence-electron chi connectivity index (χ3n) is 3.47. The highest BCUT2D eigenvalue weighted by Gasteiger charge is 2.14. The summed E-state index contributed by atoms with van der Waals surface area (Å²) in [5.41, 5.74) is 0.226. The van der Waals surface area contributed by atoms with Crippen LogP contribution < -0.4 is 5.56 Å². The summed E-state index contributed by atoms with van der Waals surface area (Å²) in [4.78, 5) is 31.4. The van der Waals surface area contributed by atoms with Gasteiger partial charge in [-0.25, -0.2) is 4.98 Å². The van der Waals surface area contributed by atoms with Gasteiger partial charge in [-0.05, 0) is 12.1 Å². The zero-order chi connectivity index (χ0) is 16.6. The molecule has 1 amide bonds. The van der Waals surface area contributed by atoms with Crippen LogP contribution in [-0.4, -0.2) is 37.2 Å². The molecule has 0 unspecified atom stereocenters. The van der Waals surface area contributed by atoms with Crippen LogP contribution in [0.3, 0.4) is 0 Å². The van der Waals surface area contributed by atoms with Gasteiger partial charge in [0.05, 0.1) is 17.1 Å². The van der Waals surface area contributed by atoms with Gasteiger partial charge in [-0.15, -0.1) is 11.3 Å². The van der Waals surface area contributed by atoms with E-state index < -0.39 is 0 Å². The summed E-state index contributed by atoms with van der Waals surface area (Å²) < 4.78 is 3.50. The van der Waals surface area contributed by atoms with E-state index in [9.17, 15) is 9.59 Å². The van der Waals surface area contributed by atoms with E-state index in [1.54, 1.807) is 25.1 Å². The maximum Gasteiger partial charge on any atom is 0.264 e. The molecule has 0 aliphatic carbocycles. The van der Waals surface area contributed by atoms with Crippen LogP contribution >= 0.6 is 22.9 Å². The van der Waals surface area contributed by atoms with Gasteiger partial charge in [0, 0.05) is 19.0 Å². The van der Waals surface area contributed by atoms with Gasteiger partial charge >= 0.3 is 0 Å². The van der Waals surface area contributed by atoms with Crippen molar-refractivity contribution in [3.63, 3.8) is 0 Å². The summed E-state index contributed by atoms with van der Waals surface area (Å²) >= 11 is 7.31.